The number of fused-ring (bicyclic) bond motifs is 1. The van der Waals surface area contributed by atoms with E-state index in [2.05, 4.69) is 16.0 Å². The quantitative estimate of drug-likeness (QED) is 0.389. The van der Waals surface area contributed by atoms with Crippen LogP contribution in [0.5, 0.6) is 0 Å². The number of carbonyl (C=O) groups excluding carboxylic acids is 5. The second kappa shape index (κ2) is 14.6. The lowest BCUT2D eigenvalue weighted by Crippen LogP contribution is -2.58. The highest BCUT2D eigenvalue weighted by Crippen LogP contribution is 2.28. The number of hydrogen-bond acceptors (Lipinski definition) is 6. The van der Waals surface area contributed by atoms with Crippen molar-refractivity contribution < 1.29 is 29.1 Å². The molecule has 1 aromatic carbocycles. The van der Waals surface area contributed by atoms with E-state index in [1.165, 1.54) is 9.80 Å². The van der Waals surface area contributed by atoms with E-state index in [1.54, 1.807) is 0 Å². The van der Waals surface area contributed by atoms with Crippen LogP contribution in [0.15, 0.2) is 30.3 Å². The summed E-state index contributed by atoms with van der Waals surface area (Å²) in [5.74, 6) is -2.02. The molecular weight excluding hydrogens is 538 g/mol. The molecule has 5 amide bonds. The molecule has 11 nitrogen and oxygen atoms in total. The van der Waals surface area contributed by atoms with E-state index in [4.69, 9.17) is 0 Å². The fraction of sp³-hybridized carbons (Fsp3) is 0.645. The van der Waals surface area contributed by atoms with Gasteiger partial charge in [-0.05, 0) is 30.2 Å². The van der Waals surface area contributed by atoms with Gasteiger partial charge in [-0.1, -0.05) is 63.4 Å². The lowest BCUT2D eigenvalue weighted by Gasteiger charge is -2.32. The molecule has 0 radical (unpaired) electrons. The Morgan fingerprint density at radius 2 is 1.76 bits per heavy atom. The monoisotopic (exact) mass is 583 g/mol. The van der Waals surface area contributed by atoms with Crippen LogP contribution in [0.4, 0.5) is 0 Å². The van der Waals surface area contributed by atoms with Crippen molar-refractivity contribution in [2.75, 3.05) is 26.2 Å². The summed E-state index contributed by atoms with van der Waals surface area (Å²) in [6, 6.07) is 6.43. The number of hydrogen-bond donors (Lipinski definition) is 4. The summed E-state index contributed by atoms with van der Waals surface area (Å²) in [6.07, 6.45) is 4.42. The van der Waals surface area contributed by atoms with Crippen molar-refractivity contribution in [2.24, 2.45) is 11.8 Å². The van der Waals surface area contributed by atoms with Gasteiger partial charge in [0.1, 0.15) is 18.1 Å². The van der Waals surface area contributed by atoms with Crippen LogP contribution in [0.3, 0.4) is 0 Å². The third-order valence-corrected chi connectivity index (χ3v) is 8.88. The van der Waals surface area contributed by atoms with E-state index >= 15 is 0 Å². The van der Waals surface area contributed by atoms with E-state index in [0.717, 1.165) is 31.2 Å². The van der Waals surface area contributed by atoms with Gasteiger partial charge in [0.05, 0.1) is 12.6 Å². The smallest absolute Gasteiger partial charge is 0.246 e. The molecule has 3 fully saturated rings. The standard InChI is InChI=1S/C31H45N5O6/c1-3-20(2)28-31(42)36-18-23(37)17-25(36)30(41)33-24(15-21-9-5-4-6-10-21)29(40)32-13-14-35(19-26(38)34-28)27(39)16-22-11-7-8-12-22/h4-6,9-10,20,22-25,28,37H,3,7-8,11-19H2,1-2H3,(H,32,40)(H,33,41)(H,34,38)/t20-,23+,24-,25-,28-/m0/s1. The second-order valence-corrected chi connectivity index (χ2v) is 12.0. The lowest BCUT2D eigenvalue weighted by molar-refractivity contribution is -0.143. The zero-order chi connectivity index (χ0) is 30.2. The highest BCUT2D eigenvalue weighted by atomic mass is 16.3. The lowest BCUT2D eigenvalue weighted by atomic mass is 9.97. The zero-order valence-electron chi connectivity index (χ0n) is 24.7. The second-order valence-electron chi connectivity index (χ2n) is 12.0. The van der Waals surface area contributed by atoms with Gasteiger partial charge in [-0.25, -0.2) is 0 Å². The number of benzene rings is 1. The van der Waals surface area contributed by atoms with Gasteiger partial charge in [-0.3, -0.25) is 24.0 Å². The van der Waals surface area contributed by atoms with E-state index in [-0.39, 0.29) is 56.8 Å². The normalized spacial score (nSPS) is 27.4. The molecule has 2 heterocycles. The molecule has 5 atom stereocenters. The fourth-order valence-electron chi connectivity index (χ4n) is 6.21. The average Bonchev–Trinajstić information content (AvgIpc) is 3.63. The highest BCUT2D eigenvalue weighted by molar-refractivity contribution is 5.95. The van der Waals surface area contributed by atoms with E-state index in [9.17, 15) is 29.1 Å². The van der Waals surface area contributed by atoms with E-state index in [0.29, 0.717) is 12.8 Å². The first-order valence-electron chi connectivity index (χ1n) is 15.3. The van der Waals surface area contributed by atoms with Crippen LogP contribution in [0, 0.1) is 11.8 Å². The molecule has 0 bridgehead atoms. The van der Waals surface area contributed by atoms with Gasteiger partial charge in [0.25, 0.3) is 0 Å². The molecule has 2 saturated heterocycles. The molecule has 11 heteroatoms. The molecule has 4 N–H and O–H groups in total. The summed E-state index contributed by atoms with van der Waals surface area (Å²) in [6.45, 7) is 3.69. The van der Waals surface area contributed by atoms with Crippen LogP contribution in [-0.4, -0.2) is 94.9 Å². The van der Waals surface area contributed by atoms with Crippen LogP contribution >= 0.6 is 0 Å². The minimum Gasteiger partial charge on any atom is -0.391 e. The van der Waals surface area contributed by atoms with Crippen LogP contribution in [0.1, 0.15) is 64.4 Å². The number of aliphatic hydroxyl groups is 1. The highest BCUT2D eigenvalue weighted by Gasteiger charge is 2.43. The first-order valence-corrected chi connectivity index (χ1v) is 15.3. The molecule has 4 rings (SSSR count). The van der Waals surface area contributed by atoms with Gasteiger partial charge in [-0.15, -0.1) is 0 Å². The predicted molar refractivity (Wildman–Crippen MR) is 156 cm³/mol. The molecule has 3 aliphatic rings. The summed E-state index contributed by atoms with van der Waals surface area (Å²) < 4.78 is 0. The Kier molecular flexibility index (Phi) is 11.0. The summed E-state index contributed by atoms with van der Waals surface area (Å²) >= 11 is 0. The Hall–Kier alpha value is -3.47. The van der Waals surface area contributed by atoms with E-state index in [1.807, 2.05) is 44.2 Å². The summed E-state index contributed by atoms with van der Waals surface area (Å²) in [5, 5.41) is 19.0. The van der Waals surface area contributed by atoms with E-state index < -0.39 is 47.9 Å². The van der Waals surface area contributed by atoms with Gasteiger partial charge in [-0.2, -0.15) is 0 Å². The Morgan fingerprint density at radius 1 is 1.05 bits per heavy atom. The van der Waals surface area contributed by atoms with Gasteiger partial charge >= 0.3 is 0 Å². The summed E-state index contributed by atoms with van der Waals surface area (Å²) in [7, 11) is 0. The van der Waals surface area contributed by atoms with Gasteiger partial charge in [0, 0.05) is 38.9 Å². The zero-order valence-corrected chi connectivity index (χ0v) is 24.7. The minimum atomic E-state index is -0.989. The first-order chi connectivity index (χ1) is 20.2. The number of carbonyl (C=O) groups is 5. The van der Waals surface area contributed by atoms with Crippen LogP contribution in [0.25, 0.3) is 0 Å². The number of nitrogens with one attached hydrogen (secondary N) is 3. The van der Waals surface area contributed by atoms with Crippen LogP contribution in [0.2, 0.25) is 0 Å². The number of rotatable bonds is 6. The van der Waals surface area contributed by atoms with Crippen molar-refractivity contribution in [3.05, 3.63) is 35.9 Å². The fourth-order valence-corrected chi connectivity index (χ4v) is 6.21. The number of nitrogens with zero attached hydrogens (tertiary/aromatic N) is 2. The van der Waals surface area contributed by atoms with Crippen molar-refractivity contribution in [1.29, 1.82) is 0 Å². The number of amides is 5. The molecule has 1 aliphatic carbocycles. The summed E-state index contributed by atoms with van der Waals surface area (Å²) in [4.78, 5) is 70.2. The maximum Gasteiger partial charge on any atom is 0.246 e. The first kappa shape index (κ1) is 31.5. The maximum absolute atomic E-state index is 13.8. The van der Waals surface area contributed by atoms with Gasteiger partial charge in [0.15, 0.2) is 0 Å². The average molecular weight is 584 g/mol. The van der Waals surface area contributed by atoms with Crippen molar-refractivity contribution in [3.63, 3.8) is 0 Å². The largest absolute Gasteiger partial charge is 0.391 e. The van der Waals surface area contributed by atoms with Gasteiger partial charge < -0.3 is 30.9 Å². The maximum atomic E-state index is 13.8. The molecule has 1 aromatic rings. The molecule has 0 unspecified atom stereocenters. The molecule has 0 spiro atoms. The Labute approximate surface area is 247 Å². The molecule has 42 heavy (non-hydrogen) atoms. The topological polar surface area (TPSA) is 148 Å². The van der Waals surface area contributed by atoms with Crippen LogP contribution in [-0.2, 0) is 30.4 Å². The predicted octanol–water partition coefficient (Wildman–Crippen LogP) is 0.745. The Bertz CT molecular complexity index is 1120. The summed E-state index contributed by atoms with van der Waals surface area (Å²) in [5.41, 5.74) is 0.843. The van der Waals surface area contributed by atoms with Crippen molar-refractivity contribution in [2.45, 2.75) is 89.4 Å². The molecular formula is C31H45N5O6. The van der Waals surface area contributed by atoms with Gasteiger partial charge in [0.2, 0.25) is 29.5 Å². The van der Waals surface area contributed by atoms with Crippen molar-refractivity contribution >= 4 is 29.5 Å². The third-order valence-electron chi connectivity index (χ3n) is 8.88. The number of aliphatic hydroxyl groups excluding tert-OH is 1. The minimum absolute atomic E-state index is 0.0296. The third kappa shape index (κ3) is 8.08. The van der Waals surface area contributed by atoms with Crippen molar-refractivity contribution in [3.8, 4) is 0 Å². The SMILES string of the molecule is CC[C@H](C)[C@@H]1NC(=O)CN(C(=O)CC2CCCC2)CCNC(=O)[C@H](Cc2ccccc2)NC(=O)[C@@H]2C[C@@H](O)CN2C1=O. The Morgan fingerprint density at radius 3 is 2.45 bits per heavy atom. The Balaban J connectivity index is 1.62. The molecule has 1 saturated carbocycles. The van der Waals surface area contributed by atoms with Crippen LogP contribution < -0.4 is 16.0 Å². The molecule has 0 aromatic heterocycles. The molecule has 2 aliphatic heterocycles. The molecule has 230 valence electrons. The van der Waals surface area contributed by atoms with Crippen molar-refractivity contribution in [1.82, 2.24) is 25.8 Å².